The molecule has 0 spiro atoms. The van der Waals surface area contributed by atoms with E-state index in [2.05, 4.69) is 22.3 Å². The van der Waals surface area contributed by atoms with Gasteiger partial charge in [-0.25, -0.2) is 0 Å². The summed E-state index contributed by atoms with van der Waals surface area (Å²) in [7, 11) is 0. The fourth-order valence-corrected chi connectivity index (χ4v) is 4.73. The lowest BCUT2D eigenvalue weighted by atomic mass is 10.2. The van der Waals surface area contributed by atoms with Gasteiger partial charge in [0.1, 0.15) is 0 Å². The van der Waals surface area contributed by atoms with E-state index in [9.17, 15) is 0 Å². The largest absolute Gasteiger partial charge is 0.255 e. The summed E-state index contributed by atoms with van der Waals surface area (Å²) in [5, 5.41) is 2.87. The Labute approximate surface area is 153 Å². The lowest BCUT2D eigenvalue weighted by molar-refractivity contribution is 1.19. The summed E-state index contributed by atoms with van der Waals surface area (Å²) in [5.74, 6) is 0. The van der Waals surface area contributed by atoms with Crippen LogP contribution in [0.15, 0.2) is 75.6 Å². The van der Waals surface area contributed by atoms with Crippen molar-refractivity contribution in [3.8, 4) is 0 Å². The Morgan fingerprint density at radius 3 is 2.08 bits per heavy atom. The van der Waals surface area contributed by atoms with Crippen LogP contribution in [-0.2, 0) is 0 Å². The Morgan fingerprint density at radius 2 is 1.38 bits per heavy atom. The van der Waals surface area contributed by atoms with Gasteiger partial charge in [0, 0.05) is 37.9 Å². The highest BCUT2D eigenvalue weighted by Crippen LogP contribution is 2.42. The van der Waals surface area contributed by atoms with Crippen LogP contribution in [0.5, 0.6) is 0 Å². The van der Waals surface area contributed by atoms with E-state index < -0.39 is 0 Å². The van der Waals surface area contributed by atoms with Crippen LogP contribution in [0, 0.1) is 0 Å². The zero-order valence-electron chi connectivity index (χ0n) is 12.9. The summed E-state index contributed by atoms with van der Waals surface area (Å²) < 4.78 is 0. The topological polar surface area (TPSA) is 25.8 Å². The number of para-hydroxylation sites is 2. The van der Waals surface area contributed by atoms with E-state index in [4.69, 9.17) is 11.6 Å². The average Bonchev–Trinajstić information content (AvgIpc) is 2.64. The molecule has 4 aromatic rings. The first kappa shape index (κ1) is 15.8. The van der Waals surface area contributed by atoms with Crippen LogP contribution in [0.25, 0.3) is 21.8 Å². The van der Waals surface area contributed by atoms with Gasteiger partial charge in [-0.3, -0.25) is 9.97 Å². The standard InChI is InChI=1S/C19H13ClN2S2/c1-23-17-11-22-15-9-5-3-7-13(15)19(17)24-16-10-21-14-8-4-2-6-12(14)18(16)20/h2-11H,1H3. The number of pyridine rings is 2. The van der Waals surface area contributed by atoms with Crippen LogP contribution >= 0.6 is 35.1 Å². The molecule has 0 aliphatic carbocycles. The Morgan fingerprint density at radius 1 is 0.792 bits per heavy atom. The molecule has 24 heavy (non-hydrogen) atoms. The van der Waals surface area contributed by atoms with Gasteiger partial charge < -0.3 is 0 Å². The first-order chi connectivity index (χ1) is 11.8. The van der Waals surface area contributed by atoms with Gasteiger partial charge in [-0.1, -0.05) is 59.8 Å². The van der Waals surface area contributed by atoms with Crippen molar-refractivity contribution < 1.29 is 0 Å². The molecule has 2 aromatic heterocycles. The van der Waals surface area contributed by atoms with Gasteiger partial charge in [0.15, 0.2) is 0 Å². The van der Waals surface area contributed by atoms with Gasteiger partial charge in [-0.05, 0) is 18.4 Å². The lowest BCUT2D eigenvalue weighted by Gasteiger charge is -2.12. The molecule has 0 atom stereocenters. The molecule has 0 aliphatic rings. The average molecular weight is 369 g/mol. The summed E-state index contributed by atoms with van der Waals surface area (Å²) in [4.78, 5) is 12.4. The van der Waals surface area contributed by atoms with Crippen molar-refractivity contribution in [2.45, 2.75) is 14.7 Å². The highest BCUT2D eigenvalue weighted by atomic mass is 35.5. The number of rotatable bonds is 3. The molecule has 5 heteroatoms. The number of benzene rings is 2. The maximum absolute atomic E-state index is 6.65. The van der Waals surface area contributed by atoms with Gasteiger partial charge in [0.2, 0.25) is 0 Å². The molecule has 4 rings (SSSR count). The Bertz CT molecular complexity index is 1050. The molecule has 0 bridgehead atoms. The molecular weight excluding hydrogens is 356 g/mol. The highest BCUT2D eigenvalue weighted by molar-refractivity contribution is 8.02. The van der Waals surface area contributed by atoms with E-state index in [1.165, 1.54) is 4.90 Å². The molecule has 0 aliphatic heterocycles. The SMILES string of the molecule is CSc1cnc2ccccc2c1Sc1cnc2ccccc2c1Cl. The van der Waals surface area contributed by atoms with Crippen LogP contribution in [0.1, 0.15) is 0 Å². The molecule has 0 radical (unpaired) electrons. The minimum absolute atomic E-state index is 0.749. The number of thioether (sulfide) groups is 1. The molecule has 0 saturated carbocycles. The van der Waals surface area contributed by atoms with Crippen molar-refractivity contribution in [1.29, 1.82) is 0 Å². The predicted molar refractivity (Wildman–Crippen MR) is 104 cm³/mol. The third-order valence-corrected chi connectivity index (χ3v) is 6.37. The third kappa shape index (κ3) is 2.75. The van der Waals surface area contributed by atoms with E-state index in [1.807, 2.05) is 54.9 Å². The van der Waals surface area contributed by atoms with Crippen molar-refractivity contribution >= 4 is 56.9 Å². The summed E-state index contributed by atoms with van der Waals surface area (Å²) in [6.07, 6.45) is 5.85. The van der Waals surface area contributed by atoms with Crippen molar-refractivity contribution in [1.82, 2.24) is 9.97 Å². The van der Waals surface area contributed by atoms with Gasteiger partial charge in [-0.15, -0.1) is 11.8 Å². The molecule has 0 amide bonds. The number of aromatic nitrogens is 2. The molecule has 0 unspecified atom stereocenters. The smallest absolute Gasteiger partial charge is 0.0717 e. The van der Waals surface area contributed by atoms with Crippen molar-refractivity contribution in [3.05, 3.63) is 65.9 Å². The monoisotopic (exact) mass is 368 g/mol. The number of hydrogen-bond acceptors (Lipinski definition) is 4. The van der Waals surface area contributed by atoms with E-state index in [-0.39, 0.29) is 0 Å². The Hall–Kier alpha value is -1.75. The normalized spacial score (nSPS) is 11.2. The second-order valence-electron chi connectivity index (χ2n) is 5.23. The minimum Gasteiger partial charge on any atom is -0.255 e. The van der Waals surface area contributed by atoms with E-state index in [1.54, 1.807) is 23.5 Å². The van der Waals surface area contributed by atoms with Crippen LogP contribution in [0.4, 0.5) is 0 Å². The first-order valence-corrected chi connectivity index (χ1v) is 9.82. The molecule has 2 nitrogen and oxygen atoms in total. The molecule has 0 saturated heterocycles. The zero-order valence-corrected chi connectivity index (χ0v) is 15.3. The summed E-state index contributed by atoms with van der Waals surface area (Å²) in [6.45, 7) is 0. The van der Waals surface area contributed by atoms with E-state index in [0.29, 0.717) is 0 Å². The second kappa shape index (κ2) is 6.63. The van der Waals surface area contributed by atoms with Gasteiger partial charge in [0.05, 0.1) is 16.1 Å². The van der Waals surface area contributed by atoms with Crippen molar-refractivity contribution in [2.75, 3.05) is 6.26 Å². The third-order valence-electron chi connectivity index (χ3n) is 3.80. The molecule has 2 aromatic carbocycles. The minimum atomic E-state index is 0.749. The van der Waals surface area contributed by atoms with Gasteiger partial charge >= 0.3 is 0 Å². The predicted octanol–water partition coefficient (Wildman–Crippen LogP) is 6.31. The highest BCUT2D eigenvalue weighted by Gasteiger charge is 2.14. The zero-order chi connectivity index (χ0) is 16.5. The fraction of sp³-hybridized carbons (Fsp3) is 0.0526. The molecule has 2 heterocycles. The second-order valence-corrected chi connectivity index (χ2v) is 7.51. The fourth-order valence-electron chi connectivity index (χ4n) is 2.62. The number of hydrogen-bond donors (Lipinski definition) is 0. The quantitative estimate of drug-likeness (QED) is 0.396. The van der Waals surface area contributed by atoms with Crippen LogP contribution in [-0.4, -0.2) is 16.2 Å². The molecular formula is C19H13ClN2S2. The molecule has 118 valence electrons. The number of nitrogens with zero attached hydrogens (tertiary/aromatic N) is 2. The van der Waals surface area contributed by atoms with E-state index in [0.717, 1.165) is 36.6 Å². The Kier molecular flexibility index (Phi) is 4.35. The summed E-state index contributed by atoms with van der Waals surface area (Å²) in [5.41, 5.74) is 1.90. The lowest BCUT2D eigenvalue weighted by Crippen LogP contribution is -1.88. The summed E-state index contributed by atoms with van der Waals surface area (Å²) >= 11 is 10.0. The number of halogens is 1. The Balaban J connectivity index is 1.89. The number of fused-ring (bicyclic) bond motifs is 2. The van der Waals surface area contributed by atoms with Crippen LogP contribution < -0.4 is 0 Å². The van der Waals surface area contributed by atoms with E-state index >= 15 is 0 Å². The van der Waals surface area contributed by atoms with Crippen molar-refractivity contribution in [3.63, 3.8) is 0 Å². The van der Waals surface area contributed by atoms with Crippen molar-refractivity contribution in [2.24, 2.45) is 0 Å². The van der Waals surface area contributed by atoms with Crippen LogP contribution in [0.3, 0.4) is 0 Å². The molecule has 0 fully saturated rings. The van der Waals surface area contributed by atoms with Gasteiger partial charge in [0.25, 0.3) is 0 Å². The maximum Gasteiger partial charge on any atom is 0.0717 e. The molecule has 0 N–H and O–H groups in total. The first-order valence-electron chi connectivity index (χ1n) is 7.41. The summed E-state index contributed by atoms with van der Waals surface area (Å²) in [6, 6.07) is 16.1. The maximum atomic E-state index is 6.65. The van der Waals surface area contributed by atoms with Crippen LogP contribution in [0.2, 0.25) is 5.02 Å². The van der Waals surface area contributed by atoms with Gasteiger partial charge in [-0.2, -0.15) is 0 Å².